The Morgan fingerprint density at radius 2 is 1.27 bits per heavy atom. The first kappa shape index (κ1) is 35.5. The van der Waals surface area contributed by atoms with Gasteiger partial charge in [0.15, 0.2) is 0 Å². The van der Waals surface area contributed by atoms with Gasteiger partial charge in [0, 0.05) is 18.7 Å². The lowest BCUT2D eigenvalue weighted by atomic mass is 9.80. The van der Waals surface area contributed by atoms with Crippen molar-refractivity contribution in [2.45, 2.75) is 58.4 Å². The third kappa shape index (κ3) is 9.25. The van der Waals surface area contributed by atoms with E-state index in [4.69, 9.17) is 34.6 Å². The molecule has 0 N–H and O–H groups in total. The average molecular weight is 623 g/mol. The summed E-state index contributed by atoms with van der Waals surface area (Å²) < 4.78 is 39.0. The first-order valence-electron chi connectivity index (χ1n) is 15.1. The number of rotatable bonds is 19. The summed E-state index contributed by atoms with van der Waals surface area (Å²) in [5.41, 5.74) is 1.90. The fourth-order valence-electron chi connectivity index (χ4n) is 5.13. The van der Waals surface area contributed by atoms with E-state index in [1.54, 1.807) is 14.2 Å². The summed E-state index contributed by atoms with van der Waals surface area (Å²) in [6, 6.07) is 26.5. The first-order valence-corrected chi connectivity index (χ1v) is 16.2. The van der Waals surface area contributed by atoms with E-state index in [0.29, 0.717) is 13.2 Å². The minimum Gasteiger partial charge on any atom is -0.497 e. The Labute approximate surface area is 265 Å². The van der Waals surface area contributed by atoms with Crippen molar-refractivity contribution in [2.75, 3.05) is 47.2 Å². The lowest BCUT2D eigenvalue weighted by Gasteiger charge is -2.38. The van der Waals surface area contributed by atoms with E-state index in [9.17, 15) is 0 Å². The molecule has 0 aliphatic carbocycles. The minimum absolute atomic E-state index is 0.201. The summed E-state index contributed by atoms with van der Waals surface area (Å²) in [5, 5.41) is 0. The molecule has 0 spiro atoms. The molecule has 3 aromatic rings. The van der Waals surface area contributed by atoms with Gasteiger partial charge in [-0.1, -0.05) is 54.6 Å². The second-order valence-corrected chi connectivity index (χ2v) is 12.2. The molecule has 0 saturated heterocycles. The van der Waals surface area contributed by atoms with Gasteiger partial charge in [0.2, 0.25) is 6.54 Å². The van der Waals surface area contributed by atoms with Crippen molar-refractivity contribution in [2.24, 2.45) is 0 Å². The predicted molar refractivity (Wildman–Crippen MR) is 176 cm³/mol. The van der Waals surface area contributed by atoms with Crippen LogP contribution >= 0.6 is 8.53 Å². The number of methoxy groups -OCH3 is 2. The molecule has 238 valence electrons. The van der Waals surface area contributed by atoms with Crippen LogP contribution in [0.15, 0.2) is 78.9 Å². The number of benzene rings is 3. The Hall–Kier alpha value is -3.02. The van der Waals surface area contributed by atoms with Gasteiger partial charge in [0.25, 0.3) is 8.53 Å². The molecular weight excluding hydrogens is 575 g/mol. The molecule has 2 unspecified atom stereocenters. The molecule has 8 nitrogen and oxygen atoms in total. The fourth-order valence-corrected chi connectivity index (χ4v) is 6.75. The van der Waals surface area contributed by atoms with Crippen LogP contribution < -0.4 is 9.47 Å². The van der Waals surface area contributed by atoms with Gasteiger partial charge in [-0.3, -0.25) is 0 Å². The van der Waals surface area contributed by atoms with Crippen molar-refractivity contribution >= 4 is 8.53 Å². The number of hydrogen-bond acceptors (Lipinski definition) is 7. The maximum absolute atomic E-state index is 7.17. The van der Waals surface area contributed by atoms with Crippen molar-refractivity contribution < 1.29 is 28.0 Å². The average Bonchev–Trinajstić information content (AvgIpc) is 3.04. The van der Waals surface area contributed by atoms with Crippen LogP contribution in [-0.4, -0.2) is 70.0 Å². The van der Waals surface area contributed by atoms with Crippen LogP contribution in [0.25, 0.3) is 4.85 Å². The zero-order valence-corrected chi connectivity index (χ0v) is 28.0. The summed E-state index contributed by atoms with van der Waals surface area (Å²) in [5.74, 6) is 1.52. The molecule has 0 aliphatic heterocycles. The second kappa shape index (κ2) is 18.1. The molecule has 3 aromatic carbocycles. The van der Waals surface area contributed by atoms with Crippen molar-refractivity contribution in [3.63, 3.8) is 0 Å². The third-order valence-corrected chi connectivity index (χ3v) is 9.16. The van der Waals surface area contributed by atoms with Crippen LogP contribution in [0.3, 0.4) is 0 Å². The Kier molecular flexibility index (Phi) is 14.6. The predicted octanol–water partition coefficient (Wildman–Crippen LogP) is 7.72. The van der Waals surface area contributed by atoms with Crippen LogP contribution in [0.2, 0.25) is 0 Å². The zero-order chi connectivity index (χ0) is 32.0. The maximum atomic E-state index is 7.17. The van der Waals surface area contributed by atoms with Crippen LogP contribution in [0.1, 0.15) is 51.3 Å². The van der Waals surface area contributed by atoms with E-state index in [1.165, 1.54) is 0 Å². The standard InChI is InChI=1S/C35H47N2O6P/c1-9-40-34(26-43-44(42-24-23-36-6)37(27(2)3)28(4)5)25-41-35(29-13-11-10-12-14-29,30-15-19-32(38-7)20-16-30)31-17-21-33(39-8)22-18-31/h10-22,27-28,34H,9,23-26H2,1-5,7-8H3. The first-order chi connectivity index (χ1) is 21.3. The topological polar surface area (TPSA) is 63.0 Å². The third-order valence-electron chi connectivity index (χ3n) is 7.08. The van der Waals surface area contributed by atoms with Gasteiger partial charge in [-0.25, -0.2) is 11.2 Å². The summed E-state index contributed by atoms with van der Waals surface area (Å²) in [6.07, 6.45) is -0.379. The lowest BCUT2D eigenvalue weighted by molar-refractivity contribution is -0.0760. The smallest absolute Gasteiger partial charge is 0.259 e. The normalized spacial score (nSPS) is 13.2. The molecule has 44 heavy (non-hydrogen) atoms. The van der Waals surface area contributed by atoms with E-state index in [0.717, 1.165) is 28.2 Å². The largest absolute Gasteiger partial charge is 0.497 e. The highest BCUT2D eigenvalue weighted by Gasteiger charge is 2.39. The highest BCUT2D eigenvalue weighted by molar-refractivity contribution is 7.44. The van der Waals surface area contributed by atoms with Crippen molar-refractivity contribution in [1.82, 2.24) is 4.67 Å². The van der Waals surface area contributed by atoms with Crippen LogP contribution in [-0.2, 0) is 24.1 Å². The molecule has 0 heterocycles. The van der Waals surface area contributed by atoms with Gasteiger partial charge in [0.1, 0.15) is 29.8 Å². The van der Waals surface area contributed by atoms with Crippen molar-refractivity contribution in [3.8, 4) is 11.5 Å². The molecule has 3 rings (SSSR count). The molecule has 0 saturated carbocycles. The quantitative estimate of drug-likeness (QED) is 0.0587. The SMILES string of the molecule is [C-]#[N+]CCOP(OCC(COC(c1ccccc1)(c1ccc(OC)cc1)c1ccc(OC)cc1)OCC)N(C(C)C)C(C)C. The highest BCUT2D eigenvalue weighted by atomic mass is 31.2. The molecular formula is C35H47N2O6P. The maximum Gasteiger partial charge on any atom is 0.259 e. The molecule has 0 aliphatic rings. The molecule has 2 atom stereocenters. The molecule has 9 heteroatoms. The van der Waals surface area contributed by atoms with E-state index < -0.39 is 14.1 Å². The monoisotopic (exact) mass is 622 g/mol. The summed E-state index contributed by atoms with van der Waals surface area (Å²) in [4.78, 5) is 3.45. The fraction of sp³-hybridized carbons (Fsp3) is 0.457. The Morgan fingerprint density at radius 3 is 1.73 bits per heavy atom. The Bertz CT molecular complexity index is 1210. The van der Waals surface area contributed by atoms with Crippen molar-refractivity contribution in [1.29, 1.82) is 0 Å². The van der Waals surface area contributed by atoms with Gasteiger partial charge in [-0.15, -0.1) is 0 Å². The number of ether oxygens (including phenoxy) is 4. The molecule has 0 amide bonds. The van der Waals surface area contributed by atoms with Crippen molar-refractivity contribution in [3.05, 3.63) is 107 Å². The zero-order valence-electron chi connectivity index (χ0n) is 27.1. The lowest BCUT2D eigenvalue weighted by Crippen LogP contribution is -2.38. The minimum atomic E-state index is -1.41. The van der Waals surface area contributed by atoms with E-state index in [1.807, 2.05) is 73.7 Å². The summed E-state index contributed by atoms with van der Waals surface area (Å²) in [7, 11) is 1.90. The molecule has 0 aromatic heterocycles. The number of nitrogens with zero attached hydrogens (tertiary/aromatic N) is 2. The summed E-state index contributed by atoms with van der Waals surface area (Å²) in [6.45, 7) is 19.2. The van der Waals surface area contributed by atoms with Gasteiger partial charge >= 0.3 is 0 Å². The van der Waals surface area contributed by atoms with Gasteiger partial charge in [-0.05, 0) is 75.6 Å². The molecule has 0 bridgehead atoms. The van der Waals surface area contributed by atoms with Crippen LogP contribution in [0.4, 0.5) is 0 Å². The van der Waals surface area contributed by atoms with E-state index in [-0.39, 0.29) is 37.9 Å². The van der Waals surface area contributed by atoms with E-state index >= 15 is 0 Å². The Morgan fingerprint density at radius 1 is 0.750 bits per heavy atom. The van der Waals surface area contributed by atoms with Crippen LogP contribution in [0.5, 0.6) is 11.5 Å². The van der Waals surface area contributed by atoms with Gasteiger partial charge < -0.3 is 32.8 Å². The molecule has 0 fully saturated rings. The van der Waals surface area contributed by atoms with Gasteiger partial charge in [-0.2, -0.15) is 0 Å². The van der Waals surface area contributed by atoms with Crippen LogP contribution in [0, 0.1) is 6.57 Å². The Balaban J connectivity index is 2.00. The van der Waals surface area contributed by atoms with E-state index in [2.05, 4.69) is 49.3 Å². The number of hydrogen-bond donors (Lipinski definition) is 0. The summed E-state index contributed by atoms with van der Waals surface area (Å²) >= 11 is 0. The van der Waals surface area contributed by atoms with Gasteiger partial charge in [0.05, 0.1) is 27.4 Å². The second-order valence-electron chi connectivity index (χ2n) is 10.7. The molecule has 0 radical (unpaired) electrons. The highest BCUT2D eigenvalue weighted by Crippen LogP contribution is 2.46.